The third-order valence-electron chi connectivity index (χ3n) is 1.63. The largest absolute Gasteiger partial charge is 0.447 e. The Morgan fingerprint density at radius 1 is 1.60 bits per heavy atom. The summed E-state index contributed by atoms with van der Waals surface area (Å²) in [6.07, 6.45) is 1.08. The molecule has 4 nitrogen and oxygen atoms in total. The number of ether oxygens (including phenoxy) is 1. The van der Waals surface area contributed by atoms with Gasteiger partial charge in [0.15, 0.2) is 0 Å². The number of nitrogens with zero attached hydrogens (tertiary/aromatic N) is 1. The summed E-state index contributed by atoms with van der Waals surface area (Å²) in [5.74, 6) is 0. The van der Waals surface area contributed by atoms with E-state index in [1.165, 1.54) is 0 Å². The van der Waals surface area contributed by atoms with E-state index in [2.05, 4.69) is 26.2 Å². The molecule has 1 amide bonds. The topological polar surface area (TPSA) is 51.2 Å². The second kappa shape index (κ2) is 5.11. The summed E-state index contributed by atoms with van der Waals surface area (Å²) >= 11 is 3.28. The van der Waals surface area contributed by atoms with Crippen LogP contribution >= 0.6 is 15.9 Å². The summed E-state index contributed by atoms with van der Waals surface area (Å²) < 4.78 is 5.77. The highest BCUT2D eigenvalue weighted by atomic mass is 79.9. The van der Waals surface area contributed by atoms with E-state index in [4.69, 9.17) is 4.74 Å². The summed E-state index contributed by atoms with van der Waals surface area (Å²) in [5, 5.41) is 2.63. The number of hydrogen-bond acceptors (Lipinski definition) is 3. The van der Waals surface area contributed by atoms with Crippen LogP contribution < -0.4 is 5.32 Å². The first-order valence-corrected chi connectivity index (χ1v) is 5.38. The molecule has 0 unspecified atom stereocenters. The highest BCUT2D eigenvalue weighted by molar-refractivity contribution is 9.10. The molecule has 82 valence electrons. The van der Waals surface area contributed by atoms with Gasteiger partial charge in [-0.1, -0.05) is 0 Å². The number of anilines is 1. The first-order chi connectivity index (χ1) is 6.99. The third kappa shape index (κ3) is 3.87. The molecule has 15 heavy (non-hydrogen) atoms. The van der Waals surface area contributed by atoms with Gasteiger partial charge in [0.1, 0.15) is 0 Å². The van der Waals surface area contributed by atoms with Crippen molar-refractivity contribution in [2.75, 3.05) is 5.32 Å². The molecule has 0 atom stereocenters. The molecule has 1 rings (SSSR count). The van der Waals surface area contributed by atoms with Crippen molar-refractivity contribution in [1.29, 1.82) is 0 Å². The average molecular weight is 273 g/mol. The number of amides is 1. The van der Waals surface area contributed by atoms with E-state index in [0.717, 1.165) is 10.2 Å². The monoisotopic (exact) mass is 272 g/mol. The van der Waals surface area contributed by atoms with Gasteiger partial charge in [0.05, 0.1) is 17.5 Å². The van der Waals surface area contributed by atoms with Gasteiger partial charge in [-0.2, -0.15) is 0 Å². The molecule has 0 fully saturated rings. The Kier molecular flexibility index (Phi) is 4.08. The van der Waals surface area contributed by atoms with Gasteiger partial charge in [-0.25, -0.2) is 4.79 Å². The van der Waals surface area contributed by atoms with Crippen molar-refractivity contribution < 1.29 is 9.53 Å². The van der Waals surface area contributed by atoms with E-state index in [9.17, 15) is 4.79 Å². The standard InChI is InChI=1S/C10H13BrN2O2/c1-6(2)15-10(14)13-9-4-8(11)5-12-7(9)3/h4-6H,1-3H3,(H,13,14). The number of hydrogen-bond donors (Lipinski definition) is 1. The van der Waals surface area contributed by atoms with E-state index in [1.807, 2.05) is 6.92 Å². The summed E-state index contributed by atoms with van der Waals surface area (Å²) in [5.41, 5.74) is 1.40. The maximum Gasteiger partial charge on any atom is 0.411 e. The molecule has 1 aromatic rings. The van der Waals surface area contributed by atoms with E-state index < -0.39 is 6.09 Å². The molecule has 1 heterocycles. The maximum absolute atomic E-state index is 11.3. The number of nitrogens with one attached hydrogen (secondary N) is 1. The van der Waals surface area contributed by atoms with Crippen molar-refractivity contribution in [2.45, 2.75) is 26.9 Å². The molecule has 0 radical (unpaired) electrons. The zero-order valence-electron chi connectivity index (χ0n) is 8.87. The molecule has 0 spiro atoms. The molecule has 0 saturated heterocycles. The van der Waals surface area contributed by atoms with Crippen molar-refractivity contribution in [3.05, 3.63) is 22.4 Å². The predicted molar refractivity (Wildman–Crippen MR) is 61.9 cm³/mol. The minimum atomic E-state index is -0.465. The van der Waals surface area contributed by atoms with Crippen LogP contribution in [0.5, 0.6) is 0 Å². The van der Waals surface area contributed by atoms with Crippen LogP contribution in [-0.2, 0) is 4.74 Å². The Balaban J connectivity index is 2.71. The first kappa shape index (κ1) is 12.0. The predicted octanol–water partition coefficient (Wildman–Crippen LogP) is 3.11. The number of rotatable bonds is 2. The Labute approximate surface area is 97.2 Å². The minimum absolute atomic E-state index is 0.134. The quantitative estimate of drug-likeness (QED) is 0.900. The average Bonchev–Trinajstić information content (AvgIpc) is 2.10. The second-order valence-corrected chi connectivity index (χ2v) is 4.28. The van der Waals surface area contributed by atoms with Crippen LogP contribution in [0.2, 0.25) is 0 Å². The number of aryl methyl sites for hydroxylation is 1. The van der Waals surface area contributed by atoms with Crippen molar-refractivity contribution in [3.63, 3.8) is 0 Å². The summed E-state index contributed by atoms with van der Waals surface area (Å²) in [4.78, 5) is 15.4. The van der Waals surface area contributed by atoms with Crippen LogP contribution in [-0.4, -0.2) is 17.2 Å². The first-order valence-electron chi connectivity index (χ1n) is 4.59. The van der Waals surface area contributed by atoms with Crippen LogP contribution in [0.15, 0.2) is 16.7 Å². The fourth-order valence-electron chi connectivity index (χ4n) is 0.988. The van der Waals surface area contributed by atoms with Crippen LogP contribution in [0, 0.1) is 6.92 Å². The van der Waals surface area contributed by atoms with Gasteiger partial charge in [0, 0.05) is 10.7 Å². The molecule has 0 bridgehead atoms. The molecule has 1 N–H and O–H groups in total. The smallest absolute Gasteiger partial charge is 0.411 e. The number of halogens is 1. The fourth-order valence-corrected chi connectivity index (χ4v) is 1.32. The lowest BCUT2D eigenvalue weighted by Crippen LogP contribution is -2.18. The summed E-state index contributed by atoms with van der Waals surface area (Å²) in [6.45, 7) is 5.41. The van der Waals surface area contributed by atoms with Crippen LogP contribution in [0.4, 0.5) is 10.5 Å². The van der Waals surface area contributed by atoms with Crippen LogP contribution in [0.3, 0.4) is 0 Å². The van der Waals surface area contributed by atoms with Gasteiger partial charge >= 0.3 is 6.09 Å². The molecule has 0 saturated carbocycles. The molecule has 0 aliphatic heterocycles. The van der Waals surface area contributed by atoms with E-state index in [0.29, 0.717) is 5.69 Å². The van der Waals surface area contributed by atoms with Gasteiger partial charge in [-0.15, -0.1) is 0 Å². The molecular weight excluding hydrogens is 260 g/mol. The van der Waals surface area contributed by atoms with Crippen molar-refractivity contribution in [2.24, 2.45) is 0 Å². The lowest BCUT2D eigenvalue weighted by Gasteiger charge is -2.10. The Morgan fingerprint density at radius 2 is 2.27 bits per heavy atom. The molecule has 1 aromatic heterocycles. The zero-order valence-corrected chi connectivity index (χ0v) is 10.5. The lowest BCUT2D eigenvalue weighted by atomic mass is 10.3. The van der Waals surface area contributed by atoms with Crippen molar-refractivity contribution in [1.82, 2.24) is 4.98 Å². The zero-order chi connectivity index (χ0) is 11.4. The van der Waals surface area contributed by atoms with Crippen LogP contribution in [0.25, 0.3) is 0 Å². The fraction of sp³-hybridized carbons (Fsp3) is 0.400. The van der Waals surface area contributed by atoms with Gasteiger partial charge < -0.3 is 4.74 Å². The normalized spacial score (nSPS) is 10.2. The summed E-state index contributed by atoms with van der Waals surface area (Å²) in [6, 6.07) is 1.78. The molecule has 0 aromatic carbocycles. The number of pyridine rings is 1. The molecular formula is C10H13BrN2O2. The Morgan fingerprint density at radius 3 is 2.87 bits per heavy atom. The van der Waals surface area contributed by atoms with Crippen LogP contribution in [0.1, 0.15) is 19.5 Å². The van der Waals surface area contributed by atoms with E-state index in [-0.39, 0.29) is 6.10 Å². The lowest BCUT2D eigenvalue weighted by molar-refractivity contribution is 0.130. The van der Waals surface area contributed by atoms with Crippen molar-refractivity contribution >= 4 is 27.7 Å². The Bertz CT molecular complexity index is 366. The molecule has 5 heteroatoms. The number of carbonyl (C=O) groups excluding carboxylic acids is 1. The molecule has 0 aliphatic carbocycles. The van der Waals surface area contributed by atoms with E-state index in [1.54, 1.807) is 26.1 Å². The SMILES string of the molecule is Cc1ncc(Br)cc1NC(=O)OC(C)C. The second-order valence-electron chi connectivity index (χ2n) is 3.37. The Hall–Kier alpha value is -1.10. The number of aromatic nitrogens is 1. The molecule has 0 aliphatic rings. The van der Waals surface area contributed by atoms with Gasteiger partial charge in [0.2, 0.25) is 0 Å². The highest BCUT2D eigenvalue weighted by Crippen LogP contribution is 2.18. The van der Waals surface area contributed by atoms with Gasteiger partial charge in [0.25, 0.3) is 0 Å². The van der Waals surface area contributed by atoms with Gasteiger partial charge in [-0.05, 0) is 42.8 Å². The third-order valence-corrected chi connectivity index (χ3v) is 2.07. The maximum atomic E-state index is 11.3. The summed E-state index contributed by atoms with van der Waals surface area (Å²) in [7, 11) is 0. The number of carbonyl (C=O) groups is 1. The minimum Gasteiger partial charge on any atom is -0.447 e. The van der Waals surface area contributed by atoms with Gasteiger partial charge in [-0.3, -0.25) is 10.3 Å². The highest BCUT2D eigenvalue weighted by Gasteiger charge is 2.08. The van der Waals surface area contributed by atoms with E-state index >= 15 is 0 Å². The van der Waals surface area contributed by atoms with Crippen molar-refractivity contribution in [3.8, 4) is 0 Å².